The summed E-state index contributed by atoms with van der Waals surface area (Å²) in [6.45, 7) is 3.21. The molecule has 0 radical (unpaired) electrons. The predicted octanol–water partition coefficient (Wildman–Crippen LogP) is 3.71. The van der Waals surface area contributed by atoms with Gasteiger partial charge in [0.05, 0.1) is 11.3 Å². The maximum atomic E-state index is 12.5. The van der Waals surface area contributed by atoms with Gasteiger partial charge < -0.3 is 15.4 Å². The largest absolute Gasteiger partial charge is 0.489 e. The molecule has 2 aromatic rings. The van der Waals surface area contributed by atoms with Crippen LogP contribution in [0, 0.1) is 6.92 Å². The van der Waals surface area contributed by atoms with Crippen LogP contribution < -0.4 is 15.4 Å². The molecule has 21 heavy (non-hydrogen) atoms. The van der Waals surface area contributed by atoms with E-state index in [2.05, 4.69) is 10.6 Å². The zero-order chi connectivity index (χ0) is 14.8. The Morgan fingerprint density at radius 2 is 2.19 bits per heavy atom. The second-order valence-corrected chi connectivity index (χ2v) is 5.31. The van der Waals surface area contributed by atoms with Crippen molar-refractivity contribution in [1.29, 1.82) is 0 Å². The molecule has 0 unspecified atom stereocenters. The topological polar surface area (TPSA) is 50.4 Å². The molecular weight excluding hydrogens is 288 g/mol. The van der Waals surface area contributed by atoms with Crippen LogP contribution in [0.2, 0.25) is 5.02 Å². The third-order valence-electron chi connectivity index (χ3n) is 3.37. The van der Waals surface area contributed by atoms with Crippen LogP contribution in [-0.2, 0) is 0 Å². The Balaban J connectivity index is 1.91. The summed E-state index contributed by atoms with van der Waals surface area (Å²) in [5, 5.41) is 6.69. The molecule has 0 aliphatic carbocycles. The van der Waals surface area contributed by atoms with Gasteiger partial charge in [0.15, 0.2) is 5.75 Å². The molecular formula is C16H15ClN2O2. The van der Waals surface area contributed by atoms with Gasteiger partial charge in [-0.05, 0) is 36.8 Å². The SMILES string of the molecule is Cc1ccc(Cl)cc1NC(=O)c1cccc2c1OCCN2. The van der Waals surface area contributed by atoms with Crippen molar-refractivity contribution in [3.8, 4) is 5.75 Å². The quantitative estimate of drug-likeness (QED) is 0.889. The van der Waals surface area contributed by atoms with Gasteiger partial charge in [-0.15, -0.1) is 0 Å². The number of aryl methyl sites for hydroxylation is 1. The Labute approximate surface area is 128 Å². The van der Waals surface area contributed by atoms with Gasteiger partial charge in [-0.3, -0.25) is 4.79 Å². The molecule has 4 nitrogen and oxygen atoms in total. The van der Waals surface area contributed by atoms with E-state index in [1.54, 1.807) is 18.2 Å². The smallest absolute Gasteiger partial charge is 0.259 e. The summed E-state index contributed by atoms with van der Waals surface area (Å²) >= 11 is 5.98. The number of para-hydroxylation sites is 1. The fourth-order valence-corrected chi connectivity index (χ4v) is 2.44. The molecule has 1 aliphatic rings. The summed E-state index contributed by atoms with van der Waals surface area (Å²) in [4.78, 5) is 12.5. The number of hydrogen-bond donors (Lipinski definition) is 2. The predicted molar refractivity (Wildman–Crippen MR) is 84.6 cm³/mol. The lowest BCUT2D eigenvalue weighted by Crippen LogP contribution is -2.22. The van der Waals surface area contributed by atoms with Crippen LogP contribution in [0.15, 0.2) is 36.4 Å². The van der Waals surface area contributed by atoms with Crippen LogP contribution in [-0.4, -0.2) is 19.1 Å². The van der Waals surface area contributed by atoms with Gasteiger partial charge in [-0.2, -0.15) is 0 Å². The van der Waals surface area contributed by atoms with Crippen LogP contribution in [0.3, 0.4) is 0 Å². The second kappa shape index (κ2) is 5.66. The number of rotatable bonds is 2. The lowest BCUT2D eigenvalue weighted by molar-refractivity contribution is 0.102. The molecule has 1 amide bonds. The molecule has 0 fully saturated rings. The minimum atomic E-state index is -0.207. The number of carbonyl (C=O) groups excluding carboxylic acids is 1. The molecule has 108 valence electrons. The zero-order valence-electron chi connectivity index (χ0n) is 11.6. The summed E-state index contributed by atoms with van der Waals surface area (Å²) in [5.74, 6) is 0.391. The number of hydrogen-bond acceptors (Lipinski definition) is 3. The first-order valence-corrected chi connectivity index (χ1v) is 7.10. The van der Waals surface area contributed by atoms with E-state index in [4.69, 9.17) is 16.3 Å². The average Bonchev–Trinajstić information content (AvgIpc) is 2.50. The van der Waals surface area contributed by atoms with Crippen molar-refractivity contribution in [3.05, 3.63) is 52.5 Å². The van der Waals surface area contributed by atoms with E-state index in [1.807, 2.05) is 25.1 Å². The summed E-state index contributed by atoms with van der Waals surface area (Å²) < 4.78 is 5.62. The molecule has 0 aromatic heterocycles. The van der Waals surface area contributed by atoms with E-state index < -0.39 is 0 Å². The average molecular weight is 303 g/mol. The number of halogens is 1. The van der Waals surface area contributed by atoms with Crippen molar-refractivity contribution >= 4 is 28.9 Å². The zero-order valence-corrected chi connectivity index (χ0v) is 12.3. The number of nitrogens with one attached hydrogen (secondary N) is 2. The van der Waals surface area contributed by atoms with Crippen molar-refractivity contribution in [2.75, 3.05) is 23.8 Å². The molecule has 0 saturated heterocycles. The fraction of sp³-hybridized carbons (Fsp3) is 0.188. The van der Waals surface area contributed by atoms with Gasteiger partial charge in [0.1, 0.15) is 6.61 Å². The van der Waals surface area contributed by atoms with Crippen LogP contribution in [0.4, 0.5) is 11.4 Å². The minimum Gasteiger partial charge on any atom is -0.489 e. The van der Waals surface area contributed by atoms with Crippen molar-refractivity contribution < 1.29 is 9.53 Å². The lowest BCUT2D eigenvalue weighted by atomic mass is 10.1. The number of benzene rings is 2. The summed E-state index contributed by atoms with van der Waals surface area (Å²) in [7, 11) is 0. The third kappa shape index (κ3) is 2.81. The van der Waals surface area contributed by atoms with Gasteiger partial charge in [0.2, 0.25) is 0 Å². The van der Waals surface area contributed by atoms with Crippen molar-refractivity contribution in [2.24, 2.45) is 0 Å². The van der Waals surface area contributed by atoms with Crippen LogP contribution in [0.1, 0.15) is 15.9 Å². The fourth-order valence-electron chi connectivity index (χ4n) is 2.27. The number of amides is 1. The van der Waals surface area contributed by atoms with E-state index in [9.17, 15) is 4.79 Å². The van der Waals surface area contributed by atoms with Gasteiger partial charge in [0, 0.05) is 17.3 Å². The minimum absolute atomic E-state index is 0.207. The van der Waals surface area contributed by atoms with Gasteiger partial charge in [0.25, 0.3) is 5.91 Å². The molecule has 5 heteroatoms. The van der Waals surface area contributed by atoms with E-state index in [0.717, 1.165) is 17.8 Å². The Morgan fingerprint density at radius 3 is 3.05 bits per heavy atom. The first-order chi connectivity index (χ1) is 10.1. The van der Waals surface area contributed by atoms with Crippen LogP contribution >= 0.6 is 11.6 Å². The molecule has 2 N–H and O–H groups in total. The molecule has 0 spiro atoms. The molecule has 3 rings (SSSR count). The second-order valence-electron chi connectivity index (χ2n) is 4.87. The highest BCUT2D eigenvalue weighted by Crippen LogP contribution is 2.32. The number of fused-ring (bicyclic) bond motifs is 1. The van der Waals surface area contributed by atoms with Crippen molar-refractivity contribution in [2.45, 2.75) is 6.92 Å². The summed E-state index contributed by atoms with van der Waals surface area (Å²) in [6, 6.07) is 10.9. The van der Waals surface area contributed by atoms with E-state index in [1.165, 1.54) is 0 Å². The van der Waals surface area contributed by atoms with Crippen LogP contribution in [0.5, 0.6) is 5.75 Å². The number of anilines is 2. The normalized spacial score (nSPS) is 12.9. The maximum absolute atomic E-state index is 12.5. The van der Waals surface area contributed by atoms with E-state index >= 15 is 0 Å². The molecule has 0 bridgehead atoms. The number of carbonyl (C=O) groups is 1. The third-order valence-corrected chi connectivity index (χ3v) is 3.61. The Morgan fingerprint density at radius 1 is 1.33 bits per heavy atom. The molecule has 1 heterocycles. The van der Waals surface area contributed by atoms with E-state index in [0.29, 0.717) is 28.6 Å². The first kappa shape index (κ1) is 13.8. The van der Waals surface area contributed by atoms with Gasteiger partial charge in [-0.1, -0.05) is 23.7 Å². The highest BCUT2D eigenvalue weighted by Gasteiger charge is 2.19. The number of ether oxygens (including phenoxy) is 1. The Kier molecular flexibility index (Phi) is 3.71. The Hall–Kier alpha value is -2.20. The lowest BCUT2D eigenvalue weighted by Gasteiger charge is -2.21. The first-order valence-electron chi connectivity index (χ1n) is 6.72. The monoisotopic (exact) mass is 302 g/mol. The summed E-state index contributed by atoms with van der Waals surface area (Å²) in [6.07, 6.45) is 0. The van der Waals surface area contributed by atoms with Gasteiger partial charge >= 0.3 is 0 Å². The van der Waals surface area contributed by atoms with Crippen LogP contribution in [0.25, 0.3) is 0 Å². The molecule has 0 saturated carbocycles. The standard InChI is InChI=1S/C16H15ClN2O2/c1-10-5-6-11(17)9-14(10)19-16(20)12-3-2-4-13-15(12)21-8-7-18-13/h2-6,9,18H,7-8H2,1H3,(H,19,20). The van der Waals surface area contributed by atoms with Crippen molar-refractivity contribution in [3.63, 3.8) is 0 Å². The Bertz CT molecular complexity index is 701. The molecule has 1 aliphatic heterocycles. The highest BCUT2D eigenvalue weighted by molar-refractivity contribution is 6.31. The van der Waals surface area contributed by atoms with Crippen molar-refractivity contribution in [1.82, 2.24) is 0 Å². The van der Waals surface area contributed by atoms with Gasteiger partial charge in [-0.25, -0.2) is 0 Å². The molecule has 2 aromatic carbocycles. The summed E-state index contributed by atoms with van der Waals surface area (Å²) in [5.41, 5.74) is 3.02. The highest BCUT2D eigenvalue weighted by atomic mass is 35.5. The molecule has 0 atom stereocenters. The van der Waals surface area contributed by atoms with E-state index in [-0.39, 0.29) is 5.91 Å². The maximum Gasteiger partial charge on any atom is 0.259 e.